The van der Waals surface area contributed by atoms with Gasteiger partial charge in [-0.25, -0.2) is 0 Å². The number of rotatable bonds is 2. The van der Waals surface area contributed by atoms with Gasteiger partial charge in [-0.1, -0.05) is 12.1 Å². The smallest absolute Gasteiger partial charge is 0.197 e. The molecule has 0 N–H and O–H groups in total. The number of ketones is 4. The zero-order valence-corrected chi connectivity index (χ0v) is 28.5. The van der Waals surface area contributed by atoms with Crippen molar-refractivity contribution in [1.29, 1.82) is 10.5 Å². The highest BCUT2D eigenvalue weighted by Gasteiger charge is 2.36. The maximum Gasteiger partial charge on any atom is 0.197 e. The van der Waals surface area contributed by atoms with Gasteiger partial charge in [0.2, 0.25) is 0 Å². The van der Waals surface area contributed by atoms with Crippen LogP contribution in [-0.2, 0) is 14.1 Å². The van der Waals surface area contributed by atoms with Crippen molar-refractivity contribution in [3.63, 3.8) is 0 Å². The second-order valence-corrected chi connectivity index (χ2v) is 14.6. The van der Waals surface area contributed by atoms with Crippen molar-refractivity contribution in [2.45, 2.75) is 0 Å². The molecule has 7 aromatic rings. The fourth-order valence-electron chi connectivity index (χ4n) is 7.21. The van der Waals surface area contributed by atoms with E-state index in [4.69, 9.17) is 13.1 Å². The predicted octanol–water partition coefficient (Wildman–Crippen LogP) is 8.87. The van der Waals surface area contributed by atoms with Gasteiger partial charge >= 0.3 is 0 Å². The van der Waals surface area contributed by atoms with Gasteiger partial charge in [-0.05, 0) is 48.6 Å². The monoisotopic (exact) mass is 708 g/mol. The number of thiophene rings is 2. The molecule has 12 heteroatoms. The quantitative estimate of drug-likeness (QED) is 0.100. The number of nitrogens with zero attached hydrogens (tertiary/aromatic N) is 6. The Morgan fingerprint density at radius 3 is 1.29 bits per heavy atom. The maximum absolute atomic E-state index is 13.3. The van der Waals surface area contributed by atoms with Gasteiger partial charge in [-0.15, -0.1) is 22.7 Å². The molecule has 0 unspecified atom stereocenters. The molecule has 4 aromatic heterocycles. The molecule has 4 heterocycles. The van der Waals surface area contributed by atoms with Crippen LogP contribution in [0.3, 0.4) is 0 Å². The lowest BCUT2D eigenvalue weighted by Gasteiger charge is -2.01. The minimum absolute atomic E-state index is 0.00322. The molecule has 0 saturated carbocycles. The molecule has 2 aliphatic rings. The molecule has 242 valence electrons. The molecular formula is C40H16N6O4S2. The van der Waals surface area contributed by atoms with Crippen LogP contribution in [0, 0.1) is 35.8 Å². The Hall–Kier alpha value is -7.22. The molecular weight excluding hydrogens is 693 g/mol. The van der Waals surface area contributed by atoms with Crippen LogP contribution in [0.1, 0.15) is 62.3 Å². The fraction of sp³-hybridized carbons (Fsp3) is 0.0500. The van der Waals surface area contributed by atoms with Gasteiger partial charge < -0.3 is 9.13 Å². The van der Waals surface area contributed by atoms with E-state index in [0.29, 0.717) is 4.88 Å². The lowest BCUT2D eigenvalue weighted by atomic mass is 10.0. The number of carbonyl (C=O) groups is 4. The summed E-state index contributed by atoms with van der Waals surface area (Å²) in [6, 6.07) is 17.2. The number of aryl methyl sites for hydroxylation is 2. The van der Waals surface area contributed by atoms with Crippen LogP contribution in [0.15, 0.2) is 59.7 Å². The van der Waals surface area contributed by atoms with Crippen molar-refractivity contribution in [2.75, 3.05) is 0 Å². The SMILES string of the molecule is [C-]#[N+]c1cc2c(cc1[N+]#[C-])C(=O)C(=Cc1cc3c(s1)c1cc4c(cc1n3C)c1sc(C=C3C(=O)c5cc(C#N)c(C#N)cc5C3=O)cc1n4C)C2=O. The second kappa shape index (κ2) is 10.6. The highest BCUT2D eigenvalue weighted by Crippen LogP contribution is 2.44. The van der Waals surface area contributed by atoms with Crippen molar-refractivity contribution >= 4 is 112 Å². The summed E-state index contributed by atoms with van der Waals surface area (Å²) >= 11 is 2.92. The highest BCUT2D eigenvalue weighted by molar-refractivity contribution is 7.21. The number of allylic oxidation sites excluding steroid dienone is 2. The largest absolute Gasteiger partial charge is 0.343 e. The van der Waals surface area contributed by atoms with Crippen LogP contribution >= 0.6 is 22.7 Å². The Balaban J connectivity index is 1.11. The summed E-state index contributed by atoms with van der Waals surface area (Å²) in [5.41, 5.74) is 4.52. The molecule has 10 nitrogen and oxygen atoms in total. The molecule has 52 heavy (non-hydrogen) atoms. The third-order valence-corrected chi connectivity index (χ3v) is 12.0. The molecule has 3 aromatic carbocycles. The Morgan fingerprint density at radius 2 is 0.942 bits per heavy atom. The average molecular weight is 709 g/mol. The maximum atomic E-state index is 13.3. The van der Waals surface area contributed by atoms with Gasteiger partial charge in [0, 0.05) is 56.9 Å². The summed E-state index contributed by atoms with van der Waals surface area (Å²) < 4.78 is 6.09. The van der Waals surface area contributed by atoms with Crippen molar-refractivity contribution in [2.24, 2.45) is 14.1 Å². The van der Waals surface area contributed by atoms with Gasteiger partial charge in [-0.2, -0.15) is 10.5 Å². The first-order valence-corrected chi connectivity index (χ1v) is 17.2. The number of carbonyl (C=O) groups excluding carboxylic acids is 4. The summed E-state index contributed by atoms with van der Waals surface area (Å²) in [6.07, 6.45) is 3.17. The van der Waals surface area contributed by atoms with E-state index in [-0.39, 0.29) is 55.9 Å². The van der Waals surface area contributed by atoms with E-state index in [9.17, 15) is 29.7 Å². The van der Waals surface area contributed by atoms with Crippen LogP contribution in [0.4, 0.5) is 11.4 Å². The third-order valence-electron chi connectivity index (χ3n) is 9.80. The number of hydrogen-bond donors (Lipinski definition) is 0. The Kier molecular flexibility index (Phi) is 6.30. The van der Waals surface area contributed by atoms with E-state index in [0.717, 1.165) is 47.1 Å². The predicted molar refractivity (Wildman–Crippen MR) is 198 cm³/mol. The topological polar surface area (TPSA) is 134 Å². The molecule has 0 amide bonds. The Bertz CT molecular complexity index is 2900. The lowest BCUT2D eigenvalue weighted by Crippen LogP contribution is -1.99. The summed E-state index contributed by atoms with van der Waals surface area (Å²) in [5, 5.41) is 20.8. The van der Waals surface area contributed by atoms with Crippen molar-refractivity contribution < 1.29 is 19.2 Å². The van der Waals surface area contributed by atoms with E-state index in [2.05, 4.69) is 31.0 Å². The zero-order valence-electron chi connectivity index (χ0n) is 26.9. The fourth-order valence-corrected chi connectivity index (χ4v) is 9.52. The first-order valence-electron chi connectivity index (χ1n) is 15.5. The molecule has 0 bridgehead atoms. The molecule has 0 saturated heterocycles. The van der Waals surface area contributed by atoms with Gasteiger partial charge in [0.15, 0.2) is 34.5 Å². The first kappa shape index (κ1) is 30.8. The third kappa shape index (κ3) is 3.99. The number of Topliss-reactive ketones (excluding diaryl/α,β-unsaturated/α-hetero) is 4. The van der Waals surface area contributed by atoms with Gasteiger partial charge in [0.1, 0.15) is 12.1 Å². The van der Waals surface area contributed by atoms with E-state index >= 15 is 0 Å². The number of aromatic nitrogens is 2. The molecule has 0 atom stereocenters. The zero-order chi connectivity index (χ0) is 36.3. The van der Waals surface area contributed by atoms with E-state index < -0.39 is 23.1 Å². The number of benzene rings is 3. The molecule has 0 radical (unpaired) electrons. The summed E-state index contributed by atoms with van der Waals surface area (Å²) in [5.74, 6) is -1.87. The Morgan fingerprint density at radius 1 is 0.577 bits per heavy atom. The summed E-state index contributed by atoms with van der Waals surface area (Å²) in [7, 11) is 3.90. The first-order chi connectivity index (χ1) is 25.1. The minimum Gasteiger partial charge on any atom is -0.343 e. The highest BCUT2D eigenvalue weighted by atomic mass is 32.1. The minimum atomic E-state index is -0.474. The number of nitriles is 2. The normalized spacial score (nSPS) is 13.6. The van der Waals surface area contributed by atoms with Gasteiger partial charge in [0.05, 0.1) is 66.9 Å². The van der Waals surface area contributed by atoms with Gasteiger partial charge in [-0.3, -0.25) is 28.9 Å². The molecule has 2 aliphatic carbocycles. The lowest BCUT2D eigenvalue weighted by molar-refractivity contribution is 0.0975. The van der Waals surface area contributed by atoms with Crippen LogP contribution < -0.4 is 0 Å². The molecule has 0 spiro atoms. The van der Waals surface area contributed by atoms with Crippen LogP contribution in [0.5, 0.6) is 0 Å². The van der Waals surface area contributed by atoms with E-state index in [1.165, 1.54) is 46.9 Å². The number of hydrogen-bond acceptors (Lipinski definition) is 8. The average Bonchev–Trinajstić information content (AvgIpc) is 3.97. The Labute approximate surface area is 301 Å². The van der Waals surface area contributed by atoms with E-state index in [1.807, 2.05) is 38.4 Å². The molecule has 0 aliphatic heterocycles. The van der Waals surface area contributed by atoms with Crippen molar-refractivity contribution in [1.82, 2.24) is 9.13 Å². The van der Waals surface area contributed by atoms with Crippen LogP contribution in [0.2, 0.25) is 0 Å². The van der Waals surface area contributed by atoms with Gasteiger partial charge in [0.25, 0.3) is 0 Å². The van der Waals surface area contributed by atoms with Crippen molar-refractivity contribution in [3.8, 4) is 12.1 Å². The number of fused-ring (bicyclic) bond motifs is 8. The standard InChI is InChI=1S/C40H16N6O4S2/c1-43-29-11-23-24(12-30(29)44-2)38(50)28(37(23)49)8-20-10-34-40(52-20)26-14-31-25(13-32(26)46(34)4)39-33(45(31)3)9-19(51-39)7-27-35(47)21-5-17(15-41)18(16-42)6-22(21)36(27)48/h5-14H,3-4H3. The van der Waals surface area contributed by atoms with Crippen LogP contribution in [0.25, 0.3) is 64.1 Å². The van der Waals surface area contributed by atoms with Crippen LogP contribution in [-0.4, -0.2) is 32.3 Å². The summed E-state index contributed by atoms with van der Waals surface area (Å²) in [6.45, 7) is 14.7. The van der Waals surface area contributed by atoms with E-state index in [1.54, 1.807) is 12.2 Å². The van der Waals surface area contributed by atoms with Crippen molar-refractivity contribution in [3.05, 3.63) is 126 Å². The summed E-state index contributed by atoms with van der Waals surface area (Å²) in [4.78, 5) is 61.2. The molecule has 9 rings (SSSR count). The second-order valence-electron chi connectivity index (χ2n) is 12.4. The molecule has 0 fully saturated rings.